The second-order valence-electron chi connectivity index (χ2n) is 4.40. The van der Waals surface area contributed by atoms with Gasteiger partial charge in [-0.15, -0.1) is 0 Å². The van der Waals surface area contributed by atoms with Gasteiger partial charge in [0.25, 0.3) is 0 Å². The Morgan fingerprint density at radius 3 is 2.39 bits per heavy atom. The second kappa shape index (κ2) is 7.71. The average molecular weight is 274 g/mol. The van der Waals surface area contributed by atoms with E-state index < -0.39 is 12.2 Å². The number of rotatable bonds is 7. The highest BCUT2D eigenvalue weighted by molar-refractivity contribution is 6.30. The monoisotopic (exact) mass is 273 g/mol. The molecule has 5 heteroatoms. The van der Waals surface area contributed by atoms with Crippen molar-refractivity contribution < 1.29 is 14.9 Å². The van der Waals surface area contributed by atoms with Crippen molar-refractivity contribution in [2.45, 2.75) is 12.2 Å². The predicted octanol–water partition coefficient (Wildman–Crippen LogP) is 1.31. The summed E-state index contributed by atoms with van der Waals surface area (Å²) >= 11 is 5.79. The number of benzene rings is 1. The van der Waals surface area contributed by atoms with E-state index in [9.17, 15) is 10.2 Å². The number of ether oxygens (including phenoxy) is 1. The SMILES string of the molecule is COC[C@H](O)CN(C)C[C@H](O)c1ccc(Cl)cc1. The lowest BCUT2D eigenvalue weighted by Crippen LogP contribution is -2.34. The normalized spacial score (nSPS) is 14.8. The Labute approximate surface area is 113 Å². The van der Waals surface area contributed by atoms with Gasteiger partial charge in [-0.2, -0.15) is 0 Å². The molecule has 0 saturated carbocycles. The molecule has 0 aliphatic carbocycles. The number of hydrogen-bond donors (Lipinski definition) is 2. The van der Waals surface area contributed by atoms with Gasteiger partial charge in [0, 0.05) is 25.2 Å². The minimum Gasteiger partial charge on any atom is -0.389 e. The first-order valence-electron chi connectivity index (χ1n) is 5.82. The van der Waals surface area contributed by atoms with Crippen molar-refractivity contribution in [3.05, 3.63) is 34.9 Å². The molecule has 1 aromatic carbocycles. The maximum Gasteiger partial charge on any atom is 0.0916 e. The van der Waals surface area contributed by atoms with Gasteiger partial charge in [0.1, 0.15) is 0 Å². The summed E-state index contributed by atoms with van der Waals surface area (Å²) in [4.78, 5) is 1.86. The molecule has 102 valence electrons. The molecule has 0 saturated heterocycles. The van der Waals surface area contributed by atoms with Crippen molar-refractivity contribution in [2.75, 3.05) is 33.9 Å². The molecular formula is C13H20ClNO3. The van der Waals surface area contributed by atoms with E-state index in [1.54, 1.807) is 31.4 Å². The zero-order valence-corrected chi connectivity index (χ0v) is 11.5. The summed E-state index contributed by atoms with van der Waals surface area (Å²) in [7, 11) is 3.39. The summed E-state index contributed by atoms with van der Waals surface area (Å²) in [5, 5.41) is 20.2. The highest BCUT2D eigenvalue weighted by Crippen LogP contribution is 2.17. The van der Waals surface area contributed by atoms with Gasteiger partial charge in [0.05, 0.1) is 18.8 Å². The van der Waals surface area contributed by atoms with Crippen molar-refractivity contribution in [1.29, 1.82) is 0 Å². The molecule has 0 aliphatic rings. The highest BCUT2D eigenvalue weighted by Gasteiger charge is 2.13. The molecule has 0 radical (unpaired) electrons. The zero-order chi connectivity index (χ0) is 13.5. The molecule has 0 unspecified atom stereocenters. The lowest BCUT2D eigenvalue weighted by molar-refractivity contribution is 0.0318. The molecule has 0 aliphatic heterocycles. The molecule has 2 atom stereocenters. The summed E-state index contributed by atoms with van der Waals surface area (Å²) in [5.41, 5.74) is 0.812. The molecule has 18 heavy (non-hydrogen) atoms. The van der Waals surface area contributed by atoms with Crippen LogP contribution in [0.5, 0.6) is 0 Å². The van der Waals surface area contributed by atoms with Crippen molar-refractivity contribution in [3.8, 4) is 0 Å². The van der Waals surface area contributed by atoms with Crippen molar-refractivity contribution in [1.82, 2.24) is 4.90 Å². The van der Waals surface area contributed by atoms with Crippen LogP contribution in [0.3, 0.4) is 0 Å². The molecule has 0 heterocycles. The van der Waals surface area contributed by atoms with Crippen molar-refractivity contribution in [2.24, 2.45) is 0 Å². The van der Waals surface area contributed by atoms with Gasteiger partial charge in [-0.1, -0.05) is 23.7 Å². The first-order valence-corrected chi connectivity index (χ1v) is 6.19. The van der Waals surface area contributed by atoms with Crippen LogP contribution >= 0.6 is 11.6 Å². The number of likely N-dealkylation sites (N-methyl/N-ethyl adjacent to an activating group) is 1. The third-order valence-corrected chi connectivity index (χ3v) is 2.87. The highest BCUT2D eigenvalue weighted by atomic mass is 35.5. The van der Waals surface area contributed by atoms with E-state index in [1.807, 2.05) is 11.9 Å². The Kier molecular flexibility index (Phi) is 6.60. The fourth-order valence-corrected chi connectivity index (χ4v) is 1.89. The van der Waals surface area contributed by atoms with Gasteiger partial charge >= 0.3 is 0 Å². The van der Waals surface area contributed by atoms with Crippen molar-refractivity contribution in [3.63, 3.8) is 0 Å². The molecule has 1 rings (SSSR count). The predicted molar refractivity (Wildman–Crippen MR) is 71.8 cm³/mol. The quantitative estimate of drug-likeness (QED) is 0.787. The van der Waals surface area contributed by atoms with E-state index in [4.69, 9.17) is 16.3 Å². The van der Waals surface area contributed by atoms with Crippen LogP contribution in [-0.4, -0.2) is 55.1 Å². The largest absolute Gasteiger partial charge is 0.389 e. The second-order valence-corrected chi connectivity index (χ2v) is 4.83. The number of nitrogens with zero attached hydrogens (tertiary/aromatic N) is 1. The first-order chi connectivity index (χ1) is 8.52. The van der Waals surface area contributed by atoms with Crippen LogP contribution in [-0.2, 0) is 4.74 Å². The fourth-order valence-electron chi connectivity index (χ4n) is 1.76. The number of aliphatic hydroxyl groups is 2. The van der Waals surface area contributed by atoms with E-state index in [0.29, 0.717) is 24.7 Å². The van der Waals surface area contributed by atoms with Gasteiger partial charge in [0.15, 0.2) is 0 Å². The van der Waals surface area contributed by atoms with Crippen LogP contribution in [0.4, 0.5) is 0 Å². The Morgan fingerprint density at radius 2 is 1.83 bits per heavy atom. The number of hydrogen-bond acceptors (Lipinski definition) is 4. The van der Waals surface area contributed by atoms with Gasteiger partial charge in [-0.25, -0.2) is 0 Å². The van der Waals surface area contributed by atoms with Crippen LogP contribution in [0.1, 0.15) is 11.7 Å². The van der Waals surface area contributed by atoms with Crippen LogP contribution in [0.25, 0.3) is 0 Å². The lowest BCUT2D eigenvalue weighted by Gasteiger charge is -2.23. The van der Waals surface area contributed by atoms with Crippen LogP contribution in [0, 0.1) is 0 Å². The third kappa shape index (κ3) is 5.33. The Hall–Kier alpha value is -0.650. The van der Waals surface area contributed by atoms with Crippen LogP contribution < -0.4 is 0 Å². The van der Waals surface area contributed by atoms with E-state index in [-0.39, 0.29) is 0 Å². The maximum absolute atomic E-state index is 10.0. The van der Waals surface area contributed by atoms with Gasteiger partial charge in [-0.3, -0.25) is 0 Å². The number of aliphatic hydroxyl groups excluding tert-OH is 2. The Bertz CT molecular complexity index is 345. The summed E-state index contributed by atoms with van der Waals surface area (Å²) < 4.78 is 4.85. The maximum atomic E-state index is 10.0. The average Bonchev–Trinajstić information content (AvgIpc) is 2.29. The van der Waals surface area contributed by atoms with Crippen LogP contribution in [0.15, 0.2) is 24.3 Å². The minimum absolute atomic E-state index is 0.293. The van der Waals surface area contributed by atoms with E-state index in [2.05, 4.69) is 0 Å². The summed E-state index contributed by atoms with van der Waals surface area (Å²) in [6.45, 7) is 1.20. The molecular weight excluding hydrogens is 254 g/mol. The number of halogens is 1. The lowest BCUT2D eigenvalue weighted by atomic mass is 10.1. The summed E-state index contributed by atoms with van der Waals surface area (Å²) in [6, 6.07) is 7.10. The molecule has 0 aromatic heterocycles. The van der Waals surface area contributed by atoms with E-state index in [1.165, 1.54) is 0 Å². The fraction of sp³-hybridized carbons (Fsp3) is 0.538. The topological polar surface area (TPSA) is 52.9 Å². The first kappa shape index (κ1) is 15.4. The van der Waals surface area contributed by atoms with Crippen molar-refractivity contribution >= 4 is 11.6 Å². The van der Waals surface area contributed by atoms with Gasteiger partial charge < -0.3 is 19.8 Å². The number of methoxy groups -OCH3 is 1. The molecule has 1 aromatic rings. The molecule has 0 fully saturated rings. The smallest absolute Gasteiger partial charge is 0.0916 e. The Morgan fingerprint density at radius 1 is 1.22 bits per heavy atom. The van der Waals surface area contributed by atoms with Gasteiger partial charge in [0.2, 0.25) is 0 Å². The molecule has 2 N–H and O–H groups in total. The molecule has 0 bridgehead atoms. The minimum atomic E-state index is -0.595. The van der Waals surface area contributed by atoms with E-state index >= 15 is 0 Å². The molecule has 0 spiro atoms. The zero-order valence-electron chi connectivity index (χ0n) is 10.7. The van der Waals surface area contributed by atoms with E-state index in [0.717, 1.165) is 5.56 Å². The third-order valence-electron chi connectivity index (χ3n) is 2.62. The Balaban J connectivity index is 2.43. The molecule has 4 nitrogen and oxygen atoms in total. The molecule has 0 amide bonds. The summed E-state index contributed by atoms with van der Waals surface area (Å²) in [5.74, 6) is 0. The van der Waals surface area contributed by atoms with Crippen LogP contribution in [0.2, 0.25) is 5.02 Å². The standard InChI is InChI=1S/C13H20ClNO3/c1-15(7-12(16)9-18-2)8-13(17)10-3-5-11(14)6-4-10/h3-6,12-13,16-17H,7-9H2,1-2H3/t12-,13+/m1/s1. The summed E-state index contributed by atoms with van der Waals surface area (Å²) in [6.07, 6.45) is -1.14. The van der Waals surface area contributed by atoms with Gasteiger partial charge in [-0.05, 0) is 24.7 Å².